The van der Waals surface area contributed by atoms with E-state index in [4.69, 9.17) is 4.98 Å². The third-order valence-electron chi connectivity index (χ3n) is 5.80. The van der Waals surface area contributed by atoms with Crippen LogP contribution in [0.4, 0.5) is 16.3 Å². The first-order valence-corrected chi connectivity index (χ1v) is 10.6. The molecule has 0 spiro atoms. The number of nitrogens with zero attached hydrogens (tertiary/aromatic N) is 5. The first-order chi connectivity index (χ1) is 15.5. The summed E-state index contributed by atoms with van der Waals surface area (Å²) in [4.78, 5) is 23.0. The van der Waals surface area contributed by atoms with Crippen LogP contribution < -0.4 is 15.5 Å². The summed E-state index contributed by atoms with van der Waals surface area (Å²) in [7, 11) is 0. The maximum Gasteiger partial charge on any atom is 0.231 e. The Morgan fingerprint density at radius 2 is 2.12 bits per heavy atom. The summed E-state index contributed by atoms with van der Waals surface area (Å²) < 4.78 is 15.6. The lowest BCUT2D eigenvalue weighted by Crippen LogP contribution is -2.25. The van der Waals surface area contributed by atoms with Gasteiger partial charge in [-0.15, -0.1) is 0 Å². The van der Waals surface area contributed by atoms with Gasteiger partial charge in [-0.05, 0) is 30.6 Å². The Morgan fingerprint density at radius 1 is 1.31 bits per heavy atom. The van der Waals surface area contributed by atoms with Crippen molar-refractivity contribution in [2.24, 2.45) is 0 Å². The van der Waals surface area contributed by atoms with Crippen LogP contribution in [0.5, 0.6) is 0 Å². The molecule has 2 saturated heterocycles. The smallest absolute Gasteiger partial charge is 0.231 e. The predicted molar refractivity (Wildman–Crippen MR) is 121 cm³/mol. The average Bonchev–Trinajstić information content (AvgIpc) is 3.47. The van der Waals surface area contributed by atoms with Crippen LogP contribution in [0.15, 0.2) is 54.4 Å². The first-order valence-electron chi connectivity index (χ1n) is 10.6. The molecule has 0 unspecified atom stereocenters. The predicted octanol–water partition coefficient (Wildman–Crippen LogP) is 3.26. The van der Waals surface area contributed by atoms with Crippen LogP contribution in [0.25, 0.3) is 11.7 Å². The van der Waals surface area contributed by atoms with Crippen molar-refractivity contribution < 1.29 is 9.18 Å². The van der Waals surface area contributed by atoms with Crippen LogP contribution in [0.3, 0.4) is 0 Å². The largest absolute Gasteiger partial charge is 0.348 e. The highest BCUT2D eigenvalue weighted by Crippen LogP contribution is 2.27. The number of amides is 1. The Balaban J connectivity index is 1.57. The molecule has 9 heteroatoms. The van der Waals surface area contributed by atoms with Crippen molar-refractivity contribution in [1.29, 1.82) is 0 Å². The van der Waals surface area contributed by atoms with Crippen LogP contribution in [0.2, 0.25) is 0 Å². The summed E-state index contributed by atoms with van der Waals surface area (Å²) in [5.74, 6) is 0.894. The molecule has 1 aromatic carbocycles. The molecule has 2 aliphatic rings. The Kier molecular flexibility index (Phi) is 5.08. The van der Waals surface area contributed by atoms with Crippen molar-refractivity contribution in [3.05, 3.63) is 65.5 Å². The second-order valence-electron chi connectivity index (χ2n) is 8.16. The number of hydrogen-bond donors (Lipinski definition) is 2. The number of nitrogens with one attached hydrogen (secondary N) is 2. The Labute approximate surface area is 184 Å². The zero-order chi connectivity index (χ0) is 22.2. The van der Waals surface area contributed by atoms with Crippen molar-refractivity contribution in [2.75, 3.05) is 23.3 Å². The van der Waals surface area contributed by atoms with Gasteiger partial charge in [0.15, 0.2) is 5.65 Å². The topological polar surface area (TPSA) is 87.5 Å². The number of carbonyl (C=O) groups excluding carboxylic acids is 1. The quantitative estimate of drug-likeness (QED) is 0.642. The Morgan fingerprint density at radius 3 is 2.81 bits per heavy atom. The van der Waals surface area contributed by atoms with Crippen LogP contribution in [-0.4, -0.2) is 44.8 Å². The first kappa shape index (κ1) is 20.2. The maximum atomic E-state index is 14.0. The average molecular weight is 433 g/mol. The molecule has 2 aliphatic heterocycles. The molecule has 0 bridgehead atoms. The van der Waals surface area contributed by atoms with Crippen molar-refractivity contribution >= 4 is 29.5 Å². The van der Waals surface area contributed by atoms with Gasteiger partial charge in [0.05, 0.1) is 25.2 Å². The van der Waals surface area contributed by atoms with Crippen molar-refractivity contribution in [3.8, 4) is 0 Å². The minimum absolute atomic E-state index is 0.0276. The molecule has 5 rings (SSSR count). The Bertz CT molecular complexity index is 1220. The fourth-order valence-electron chi connectivity index (χ4n) is 4.07. The van der Waals surface area contributed by atoms with Gasteiger partial charge >= 0.3 is 0 Å². The summed E-state index contributed by atoms with van der Waals surface area (Å²) in [6.07, 6.45) is 3.38. The summed E-state index contributed by atoms with van der Waals surface area (Å²) >= 11 is 0. The van der Waals surface area contributed by atoms with Crippen molar-refractivity contribution in [1.82, 2.24) is 24.9 Å². The number of aromatic nitrogens is 4. The van der Waals surface area contributed by atoms with E-state index in [2.05, 4.69) is 27.3 Å². The van der Waals surface area contributed by atoms with Crippen LogP contribution >= 0.6 is 0 Å². The Hall–Kier alpha value is -3.75. The minimum atomic E-state index is -0.893. The van der Waals surface area contributed by atoms with Gasteiger partial charge < -0.3 is 15.5 Å². The molecule has 32 heavy (non-hydrogen) atoms. The van der Waals surface area contributed by atoms with E-state index in [9.17, 15) is 9.18 Å². The highest BCUT2D eigenvalue weighted by Gasteiger charge is 2.27. The molecule has 4 heterocycles. The third-order valence-corrected chi connectivity index (χ3v) is 5.80. The SMILES string of the molecule is C=C1NC(=O)C/C1=C\c1cnn2c(N3CC[C@@H](F)C3)nc(N[C@@H](C)c3ccccc3)nc12. The number of halogens is 1. The highest BCUT2D eigenvalue weighted by molar-refractivity contribution is 5.89. The standard InChI is InChI=1S/C23H24FN7O/c1-14(16-6-4-3-5-7-16)27-22-28-21-18(10-17-11-20(32)26-15(17)2)12-25-31(21)23(29-22)30-9-8-19(24)13-30/h3-7,10,12,14,19H,2,8-9,11,13H2,1H3,(H,26,32)(H,27,28)/b17-10+/t14-,19+/m0/s1. The second-order valence-corrected chi connectivity index (χ2v) is 8.16. The summed E-state index contributed by atoms with van der Waals surface area (Å²) in [6, 6.07) is 9.99. The fourth-order valence-corrected chi connectivity index (χ4v) is 4.07. The zero-order valence-corrected chi connectivity index (χ0v) is 17.8. The molecule has 2 fully saturated rings. The number of anilines is 2. The molecule has 0 aliphatic carbocycles. The lowest BCUT2D eigenvalue weighted by molar-refractivity contribution is -0.118. The number of hydrogen-bond acceptors (Lipinski definition) is 6. The normalized spacial score (nSPS) is 20.9. The molecule has 0 radical (unpaired) electrons. The molecule has 2 N–H and O–H groups in total. The van der Waals surface area contributed by atoms with Gasteiger partial charge in [0.25, 0.3) is 0 Å². The molecule has 2 aromatic heterocycles. The second kappa shape index (κ2) is 8.07. The van der Waals surface area contributed by atoms with Crippen molar-refractivity contribution in [3.63, 3.8) is 0 Å². The fraction of sp³-hybridized carbons (Fsp3) is 0.304. The van der Waals surface area contributed by atoms with Gasteiger partial charge in [0.2, 0.25) is 17.8 Å². The van der Waals surface area contributed by atoms with Crippen LogP contribution in [0, 0.1) is 0 Å². The van der Waals surface area contributed by atoms with Crippen molar-refractivity contribution in [2.45, 2.75) is 32.0 Å². The molecule has 1 amide bonds. The number of alkyl halides is 1. The highest BCUT2D eigenvalue weighted by atomic mass is 19.1. The third kappa shape index (κ3) is 3.81. The molecule has 3 aromatic rings. The van der Waals surface area contributed by atoms with Crippen LogP contribution in [0.1, 0.15) is 36.9 Å². The monoisotopic (exact) mass is 433 g/mol. The number of allylic oxidation sites excluding steroid dienone is 1. The van der Waals surface area contributed by atoms with E-state index in [-0.39, 0.29) is 24.9 Å². The van der Waals surface area contributed by atoms with E-state index in [1.54, 1.807) is 10.7 Å². The van der Waals surface area contributed by atoms with E-state index in [1.807, 2.05) is 48.2 Å². The molecule has 2 atom stereocenters. The van der Waals surface area contributed by atoms with E-state index in [0.29, 0.717) is 36.2 Å². The lowest BCUT2D eigenvalue weighted by atomic mass is 10.1. The lowest BCUT2D eigenvalue weighted by Gasteiger charge is -2.20. The van der Waals surface area contributed by atoms with Crippen LogP contribution in [-0.2, 0) is 4.79 Å². The number of benzene rings is 1. The van der Waals surface area contributed by atoms with Gasteiger partial charge in [0.1, 0.15) is 6.17 Å². The molecule has 8 nitrogen and oxygen atoms in total. The molecular weight excluding hydrogens is 409 g/mol. The van der Waals surface area contributed by atoms with E-state index < -0.39 is 6.17 Å². The molecular formula is C23H24FN7O. The number of rotatable bonds is 5. The zero-order valence-electron chi connectivity index (χ0n) is 17.8. The van der Waals surface area contributed by atoms with E-state index in [1.165, 1.54) is 0 Å². The molecule has 0 saturated carbocycles. The summed E-state index contributed by atoms with van der Waals surface area (Å²) in [5, 5.41) is 10.6. The maximum absolute atomic E-state index is 14.0. The summed E-state index contributed by atoms with van der Waals surface area (Å²) in [6.45, 7) is 6.77. The van der Waals surface area contributed by atoms with E-state index in [0.717, 1.165) is 16.7 Å². The van der Waals surface area contributed by atoms with Gasteiger partial charge in [-0.2, -0.15) is 19.6 Å². The van der Waals surface area contributed by atoms with Gasteiger partial charge in [0, 0.05) is 17.8 Å². The van der Waals surface area contributed by atoms with Gasteiger partial charge in [-0.3, -0.25) is 4.79 Å². The van der Waals surface area contributed by atoms with E-state index >= 15 is 0 Å². The number of fused-ring (bicyclic) bond motifs is 1. The molecule has 164 valence electrons. The number of carbonyl (C=O) groups is 1. The summed E-state index contributed by atoms with van der Waals surface area (Å²) in [5.41, 5.74) is 3.80. The van der Waals surface area contributed by atoms with Gasteiger partial charge in [-0.1, -0.05) is 36.9 Å². The minimum Gasteiger partial charge on any atom is -0.348 e. The van der Waals surface area contributed by atoms with Gasteiger partial charge in [-0.25, -0.2) is 4.39 Å².